The molecule has 13 heavy (non-hydrogen) atoms. The first-order chi connectivity index (χ1) is 6.06. The summed E-state index contributed by atoms with van der Waals surface area (Å²) in [5, 5.41) is 0. The lowest BCUT2D eigenvalue weighted by Crippen LogP contribution is -2.45. The van der Waals surface area contributed by atoms with E-state index >= 15 is 0 Å². The monoisotopic (exact) mass is 189 g/mol. The predicted octanol–water partition coefficient (Wildman–Crippen LogP) is 0.871. The first-order valence-corrected chi connectivity index (χ1v) is 4.53. The molecule has 2 N–H and O–H groups in total. The molecule has 0 aromatic carbocycles. The van der Waals surface area contributed by atoms with E-state index in [9.17, 15) is 9.18 Å². The topological polar surface area (TPSA) is 52.3 Å². The third-order valence-corrected chi connectivity index (χ3v) is 2.76. The molecule has 1 aliphatic carbocycles. The normalized spacial score (nSPS) is 40.0. The van der Waals surface area contributed by atoms with Crippen molar-refractivity contribution >= 4 is 5.97 Å². The molecule has 0 radical (unpaired) electrons. The number of carbonyl (C=O) groups is 1. The van der Waals surface area contributed by atoms with E-state index in [0.29, 0.717) is 6.42 Å². The van der Waals surface area contributed by atoms with E-state index in [1.54, 1.807) is 6.92 Å². The van der Waals surface area contributed by atoms with E-state index in [-0.39, 0.29) is 24.2 Å². The number of halogens is 1. The number of carbonyl (C=O) groups excluding carboxylic acids is 1. The fourth-order valence-electron chi connectivity index (χ4n) is 1.80. The van der Waals surface area contributed by atoms with Gasteiger partial charge in [-0.1, -0.05) is 6.92 Å². The van der Waals surface area contributed by atoms with Gasteiger partial charge in [-0.2, -0.15) is 0 Å². The molecule has 3 nitrogen and oxygen atoms in total. The van der Waals surface area contributed by atoms with Crippen LogP contribution >= 0.6 is 0 Å². The number of hydrogen-bond acceptors (Lipinski definition) is 3. The summed E-state index contributed by atoms with van der Waals surface area (Å²) in [5.74, 6) is -0.734. The fourth-order valence-corrected chi connectivity index (χ4v) is 1.80. The number of rotatable bonds is 1. The Bertz CT molecular complexity index is 198. The summed E-state index contributed by atoms with van der Waals surface area (Å²) in [7, 11) is 1.33. The summed E-state index contributed by atoms with van der Waals surface area (Å²) in [4.78, 5) is 11.2. The molecule has 0 aromatic rings. The van der Waals surface area contributed by atoms with Crippen LogP contribution in [0.2, 0.25) is 0 Å². The summed E-state index contributed by atoms with van der Waals surface area (Å²) in [6, 6.07) is -0.390. The SMILES string of the molecule is COC(=O)C1CC(C)C(F)CC1N. The van der Waals surface area contributed by atoms with Gasteiger partial charge in [0.25, 0.3) is 0 Å². The van der Waals surface area contributed by atoms with Crippen LogP contribution in [0.3, 0.4) is 0 Å². The molecule has 1 fully saturated rings. The van der Waals surface area contributed by atoms with Gasteiger partial charge in [0.1, 0.15) is 6.17 Å². The summed E-state index contributed by atoms with van der Waals surface area (Å²) in [6.45, 7) is 1.80. The number of methoxy groups -OCH3 is 1. The maximum absolute atomic E-state index is 13.1. The van der Waals surface area contributed by atoms with Crippen LogP contribution in [0.25, 0.3) is 0 Å². The lowest BCUT2D eigenvalue weighted by Gasteiger charge is -2.32. The van der Waals surface area contributed by atoms with E-state index in [2.05, 4.69) is 4.74 Å². The highest BCUT2D eigenvalue weighted by molar-refractivity contribution is 5.73. The zero-order valence-corrected chi connectivity index (χ0v) is 8.00. The molecule has 4 heteroatoms. The van der Waals surface area contributed by atoms with Crippen molar-refractivity contribution in [2.75, 3.05) is 7.11 Å². The van der Waals surface area contributed by atoms with Gasteiger partial charge in [0.05, 0.1) is 13.0 Å². The summed E-state index contributed by atoms with van der Waals surface area (Å²) < 4.78 is 17.7. The summed E-state index contributed by atoms with van der Waals surface area (Å²) in [6.07, 6.45) is -0.119. The van der Waals surface area contributed by atoms with Crippen LogP contribution in [0.5, 0.6) is 0 Å². The Balaban J connectivity index is 2.61. The Kier molecular flexibility index (Phi) is 3.25. The lowest BCUT2D eigenvalue weighted by atomic mass is 9.78. The van der Waals surface area contributed by atoms with Gasteiger partial charge in [0.15, 0.2) is 0 Å². The van der Waals surface area contributed by atoms with E-state index in [1.807, 2.05) is 0 Å². The van der Waals surface area contributed by atoms with Crippen molar-refractivity contribution in [2.24, 2.45) is 17.6 Å². The molecule has 0 saturated heterocycles. The Labute approximate surface area is 77.4 Å². The van der Waals surface area contributed by atoms with Crippen LogP contribution < -0.4 is 5.73 Å². The van der Waals surface area contributed by atoms with Crippen LogP contribution in [0.4, 0.5) is 4.39 Å². The molecule has 1 saturated carbocycles. The van der Waals surface area contributed by atoms with E-state index < -0.39 is 12.2 Å². The van der Waals surface area contributed by atoms with Gasteiger partial charge in [-0.25, -0.2) is 4.39 Å². The molecule has 1 rings (SSSR count). The molecule has 0 heterocycles. The third-order valence-electron chi connectivity index (χ3n) is 2.76. The molecular formula is C9H16FNO2. The zero-order valence-electron chi connectivity index (χ0n) is 8.00. The number of alkyl halides is 1. The minimum absolute atomic E-state index is 0.0936. The van der Waals surface area contributed by atoms with Gasteiger partial charge >= 0.3 is 5.97 Å². The van der Waals surface area contributed by atoms with Crippen molar-refractivity contribution in [1.82, 2.24) is 0 Å². The number of ether oxygens (including phenoxy) is 1. The average molecular weight is 189 g/mol. The molecular weight excluding hydrogens is 173 g/mol. The van der Waals surface area contributed by atoms with Crippen LogP contribution in [-0.2, 0) is 9.53 Å². The van der Waals surface area contributed by atoms with Crippen LogP contribution in [0.15, 0.2) is 0 Å². The van der Waals surface area contributed by atoms with Crippen molar-refractivity contribution in [1.29, 1.82) is 0 Å². The lowest BCUT2D eigenvalue weighted by molar-refractivity contribution is -0.148. The van der Waals surface area contributed by atoms with Crippen molar-refractivity contribution in [3.63, 3.8) is 0 Å². The van der Waals surface area contributed by atoms with Crippen molar-refractivity contribution in [3.05, 3.63) is 0 Å². The Hall–Kier alpha value is -0.640. The highest BCUT2D eigenvalue weighted by atomic mass is 19.1. The zero-order chi connectivity index (χ0) is 10.0. The molecule has 76 valence electrons. The Morgan fingerprint density at radius 1 is 1.54 bits per heavy atom. The van der Waals surface area contributed by atoms with E-state index in [1.165, 1.54) is 7.11 Å². The van der Waals surface area contributed by atoms with Gasteiger partial charge in [-0.05, 0) is 18.8 Å². The van der Waals surface area contributed by atoms with Gasteiger partial charge < -0.3 is 10.5 Å². The minimum Gasteiger partial charge on any atom is -0.469 e. The highest BCUT2D eigenvalue weighted by Crippen LogP contribution is 2.30. The molecule has 0 bridgehead atoms. The van der Waals surface area contributed by atoms with Crippen LogP contribution in [0.1, 0.15) is 19.8 Å². The molecule has 0 spiro atoms. The fraction of sp³-hybridized carbons (Fsp3) is 0.889. The van der Waals surface area contributed by atoms with Crippen molar-refractivity contribution in [2.45, 2.75) is 32.0 Å². The summed E-state index contributed by atoms with van der Waals surface area (Å²) >= 11 is 0. The second-order valence-corrected chi connectivity index (χ2v) is 3.76. The standard InChI is InChI=1S/C9H16FNO2/c1-5-3-6(9(12)13-2)8(11)4-7(5)10/h5-8H,3-4,11H2,1-2H3. The maximum atomic E-state index is 13.1. The molecule has 1 aliphatic rings. The smallest absolute Gasteiger partial charge is 0.310 e. The van der Waals surface area contributed by atoms with Gasteiger partial charge in [0.2, 0.25) is 0 Å². The number of esters is 1. The highest BCUT2D eigenvalue weighted by Gasteiger charge is 2.37. The Morgan fingerprint density at radius 3 is 2.69 bits per heavy atom. The third kappa shape index (κ3) is 2.18. The molecule has 0 aliphatic heterocycles. The van der Waals surface area contributed by atoms with Gasteiger partial charge in [-0.15, -0.1) is 0 Å². The Morgan fingerprint density at radius 2 is 2.15 bits per heavy atom. The minimum atomic E-state index is -0.879. The predicted molar refractivity (Wildman–Crippen MR) is 46.8 cm³/mol. The van der Waals surface area contributed by atoms with Crippen molar-refractivity contribution in [3.8, 4) is 0 Å². The van der Waals surface area contributed by atoms with Crippen LogP contribution in [0, 0.1) is 11.8 Å². The van der Waals surface area contributed by atoms with Gasteiger partial charge in [-0.3, -0.25) is 4.79 Å². The molecule has 0 amide bonds. The molecule has 4 unspecified atom stereocenters. The van der Waals surface area contributed by atoms with Crippen molar-refractivity contribution < 1.29 is 13.9 Å². The molecule has 0 aromatic heterocycles. The van der Waals surface area contributed by atoms with E-state index in [0.717, 1.165) is 0 Å². The largest absolute Gasteiger partial charge is 0.469 e. The summed E-state index contributed by atoms with van der Waals surface area (Å²) in [5.41, 5.74) is 5.67. The van der Waals surface area contributed by atoms with E-state index in [4.69, 9.17) is 5.73 Å². The first-order valence-electron chi connectivity index (χ1n) is 4.53. The number of nitrogens with two attached hydrogens (primary N) is 1. The van der Waals surface area contributed by atoms with Crippen LogP contribution in [-0.4, -0.2) is 25.3 Å². The molecule has 4 atom stereocenters. The second-order valence-electron chi connectivity index (χ2n) is 3.76. The first kappa shape index (κ1) is 10.4. The second kappa shape index (κ2) is 4.05. The average Bonchev–Trinajstić information content (AvgIpc) is 2.10. The van der Waals surface area contributed by atoms with Gasteiger partial charge in [0, 0.05) is 6.04 Å². The quantitative estimate of drug-likeness (QED) is 0.623. The number of hydrogen-bond donors (Lipinski definition) is 1. The maximum Gasteiger partial charge on any atom is 0.310 e.